The van der Waals surface area contributed by atoms with Gasteiger partial charge in [-0.3, -0.25) is 4.79 Å². The van der Waals surface area contributed by atoms with Crippen LogP contribution in [0.1, 0.15) is 13.8 Å². The molecule has 0 aliphatic carbocycles. The first-order chi connectivity index (χ1) is 5.55. The molecule has 0 unspecified atom stereocenters. The lowest BCUT2D eigenvalue weighted by Crippen LogP contribution is -2.41. The van der Waals surface area contributed by atoms with Crippen LogP contribution in [-0.4, -0.2) is 24.8 Å². The maximum Gasteiger partial charge on any atom is 0.162 e. The molecule has 1 aliphatic rings. The van der Waals surface area contributed by atoms with E-state index in [0.29, 0.717) is 13.2 Å². The molecule has 1 aliphatic heterocycles. The summed E-state index contributed by atoms with van der Waals surface area (Å²) < 4.78 is 10.6. The van der Waals surface area contributed by atoms with Gasteiger partial charge in [-0.15, -0.1) is 0 Å². The normalized spacial score (nSPS) is 23.5. The topological polar surface area (TPSA) is 35.5 Å². The van der Waals surface area contributed by atoms with Crippen LogP contribution in [0, 0.1) is 5.92 Å². The summed E-state index contributed by atoms with van der Waals surface area (Å²) in [5.41, 5.74) is 0. The Kier molecular flexibility index (Phi) is 2.65. The highest BCUT2D eigenvalue weighted by molar-refractivity contribution is 5.91. The van der Waals surface area contributed by atoms with Crippen molar-refractivity contribution in [3.05, 3.63) is 12.7 Å². The van der Waals surface area contributed by atoms with Gasteiger partial charge in [0, 0.05) is 0 Å². The van der Waals surface area contributed by atoms with E-state index in [1.807, 2.05) is 13.8 Å². The number of carbonyl (C=O) groups excluding carboxylic acids is 1. The second kappa shape index (κ2) is 3.37. The number of hydrogen-bond donors (Lipinski definition) is 0. The highest BCUT2D eigenvalue weighted by atomic mass is 16.7. The van der Waals surface area contributed by atoms with Gasteiger partial charge in [0.1, 0.15) is 0 Å². The third-order valence-corrected chi connectivity index (χ3v) is 1.87. The van der Waals surface area contributed by atoms with E-state index in [1.54, 1.807) is 0 Å². The fraction of sp³-hybridized carbons (Fsp3) is 0.667. The molecule has 1 fully saturated rings. The van der Waals surface area contributed by atoms with E-state index in [-0.39, 0.29) is 11.7 Å². The van der Waals surface area contributed by atoms with Crippen LogP contribution in [0.15, 0.2) is 12.7 Å². The fourth-order valence-corrected chi connectivity index (χ4v) is 1.02. The van der Waals surface area contributed by atoms with Crippen molar-refractivity contribution in [2.24, 2.45) is 5.92 Å². The summed E-state index contributed by atoms with van der Waals surface area (Å²) in [6.45, 7) is 7.94. The van der Waals surface area contributed by atoms with E-state index >= 15 is 0 Å². The van der Waals surface area contributed by atoms with Gasteiger partial charge in [-0.2, -0.15) is 0 Å². The third-order valence-electron chi connectivity index (χ3n) is 1.87. The van der Waals surface area contributed by atoms with Crippen molar-refractivity contribution in [1.82, 2.24) is 0 Å². The molecule has 0 aromatic rings. The van der Waals surface area contributed by atoms with Crippen molar-refractivity contribution in [2.75, 3.05) is 13.2 Å². The second-order valence-electron chi connectivity index (χ2n) is 3.33. The van der Waals surface area contributed by atoms with Crippen molar-refractivity contribution in [2.45, 2.75) is 19.6 Å². The molecule has 0 N–H and O–H groups in total. The quantitative estimate of drug-likeness (QED) is 0.583. The molecule has 0 spiro atoms. The average Bonchev–Trinajstić information content (AvgIpc) is 2.03. The Balaban J connectivity index is 2.46. The Morgan fingerprint density at radius 3 is 2.42 bits per heavy atom. The van der Waals surface area contributed by atoms with Crippen molar-refractivity contribution < 1.29 is 14.3 Å². The predicted molar refractivity (Wildman–Crippen MR) is 44.7 cm³/mol. The first-order valence-corrected chi connectivity index (χ1v) is 3.99. The molecule has 0 bridgehead atoms. The zero-order chi connectivity index (χ0) is 9.19. The van der Waals surface area contributed by atoms with Gasteiger partial charge in [-0.25, -0.2) is 0 Å². The van der Waals surface area contributed by atoms with E-state index < -0.39 is 5.79 Å². The second-order valence-corrected chi connectivity index (χ2v) is 3.33. The summed E-state index contributed by atoms with van der Waals surface area (Å²) in [5.74, 6) is -0.723. The molecule has 1 rings (SSSR count). The zero-order valence-electron chi connectivity index (χ0n) is 7.50. The maximum atomic E-state index is 11.1. The molecule has 3 nitrogen and oxygen atoms in total. The lowest BCUT2D eigenvalue weighted by atomic mass is 10.1. The predicted octanol–water partition coefficient (Wildman–Crippen LogP) is 1.14. The minimum atomic E-state index is -0.544. The number of rotatable bonds is 2. The molecule has 0 radical (unpaired) electrons. The minimum Gasteiger partial charge on any atom is -0.350 e. The summed E-state index contributed by atoms with van der Waals surface area (Å²) in [7, 11) is 0. The van der Waals surface area contributed by atoms with Crippen molar-refractivity contribution in [1.29, 1.82) is 0 Å². The molecule has 3 heteroatoms. The van der Waals surface area contributed by atoms with Gasteiger partial charge in [-0.05, 0) is 19.9 Å². The molecule has 12 heavy (non-hydrogen) atoms. The van der Waals surface area contributed by atoms with Crippen LogP contribution in [0.4, 0.5) is 0 Å². The molecule has 0 aromatic heterocycles. The van der Waals surface area contributed by atoms with Crippen LogP contribution in [0.5, 0.6) is 0 Å². The highest BCUT2D eigenvalue weighted by Gasteiger charge is 2.30. The van der Waals surface area contributed by atoms with E-state index in [0.717, 1.165) is 0 Å². The molecule has 0 atom stereocenters. The molecule has 0 aromatic carbocycles. The highest BCUT2D eigenvalue weighted by Crippen LogP contribution is 2.20. The van der Waals surface area contributed by atoms with Gasteiger partial charge in [-0.1, -0.05) is 6.58 Å². The number of carbonyl (C=O) groups is 1. The molecule has 1 saturated heterocycles. The van der Waals surface area contributed by atoms with Crippen molar-refractivity contribution in [3.63, 3.8) is 0 Å². The summed E-state index contributed by atoms with van der Waals surface area (Å²) in [6.07, 6.45) is 1.32. The van der Waals surface area contributed by atoms with Crippen molar-refractivity contribution >= 4 is 5.78 Å². The molecule has 0 saturated carbocycles. The van der Waals surface area contributed by atoms with Gasteiger partial charge >= 0.3 is 0 Å². The minimum absolute atomic E-state index is 0.00880. The third kappa shape index (κ3) is 2.16. The summed E-state index contributed by atoms with van der Waals surface area (Å²) in [4.78, 5) is 11.1. The average molecular weight is 170 g/mol. The van der Waals surface area contributed by atoms with E-state index in [1.165, 1.54) is 6.08 Å². The Labute approximate surface area is 72.4 Å². The first-order valence-electron chi connectivity index (χ1n) is 3.99. The first kappa shape index (κ1) is 9.42. The Bertz CT molecular complexity index is 186. The van der Waals surface area contributed by atoms with Crippen LogP contribution in [0.2, 0.25) is 0 Å². The smallest absolute Gasteiger partial charge is 0.162 e. The van der Waals surface area contributed by atoms with Gasteiger partial charge in [0.25, 0.3) is 0 Å². The number of ketones is 1. The standard InChI is InChI=1S/C9H14O3/c1-4-8(10)7-5-11-9(2,3)12-6-7/h4,7H,1,5-6H2,2-3H3. The Morgan fingerprint density at radius 2 is 2.00 bits per heavy atom. The summed E-state index contributed by atoms with van der Waals surface area (Å²) in [5, 5.41) is 0. The monoisotopic (exact) mass is 170 g/mol. The van der Waals surface area contributed by atoms with E-state index in [4.69, 9.17) is 9.47 Å². The van der Waals surface area contributed by atoms with Crippen LogP contribution in [-0.2, 0) is 14.3 Å². The van der Waals surface area contributed by atoms with E-state index in [2.05, 4.69) is 6.58 Å². The Hall–Kier alpha value is -0.670. The lowest BCUT2D eigenvalue weighted by molar-refractivity contribution is -0.258. The van der Waals surface area contributed by atoms with Gasteiger partial charge < -0.3 is 9.47 Å². The van der Waals surface area contributed by atoms with Crippen LogP contribution in [0.25, 0.3) is 0 Å². The van der Waals surface area contributed by atoms with Crippen LogP contribution in [0.3, 0.4) is 0 Å². The SMILES string of the molecule is C=CC(=O)C1COC(C)(C)OC1. The van der Waals surface area contributed by atoms with Gasteiger partial charge in [0.15, 0.2) is 11.6 Å². The van der Waals surface area contributed by atoms with E-state index in [9.17, 15) is 4.79 Å². The van der Waals surface area contributed by atoms with Gasteiger partial charge in [0.05, 0.1) is 19.1 Å². The molecular weight excluding hydrogens is 156 g/mol. The lowest BCUT2D eigenvalue weighted by Gasteiger charge is -2.33. The molecule has 0 amide bonds. The number of ether oxygens (including phenoxy) is 2. The van der Waals surface area contributed by atoms with Crippen molar-refractivity contribution in [3.8, 4) is 0 Å². The van der Waals surface area contributed by atoms with Crippen LogP contribution < -0.4 is 0 Å². The Morgan fingerprint density at radius 1 is 1.50 bits per heavy atom. The maximum absolute atomic E-state index is 11.1. The summed E-state index contributed by atoms with van der Waals surface area (Å²) in [6, 6.07) is 0. The van der Waals surface area contributed by atoms with Gasteiger partial charge in [0.2, 0.25) is 0 Å². The number of allylic oxidation sites excluding steroid dienone is 1. The molecule has 68 valence electrons. The number of hydrogen-bond acceptors (Lipinski definition) is 3. The largest absolute Gasteiger partial charge is 0.350 e. The molecule has 1 heterocycles. The zero-order valence-corrected chi connectivity index (χ0v) is 7.50. The van der Waals surface area contributed by atoms with Crippen LogP contribution >= 0.6 is 0 Å². The molecular formula is C9H14O3. The fourth-order valence-electron chi connectivity index (χ4n) is 1.02. The summed E-state index contributed by atoms with van der Waals surface area (Å²) >= 11 is 0.